The van der Waals surface area contributed by atoms with Crippen LogP contribution in [-0.4, -0.2) is 16.5 Å². The number of nitrogens with zero attached hydrogens (tertiary/aromatic N) is 2. The molecule has 0 atom stereocenters. The van der Waals surface area contributed by atoms with Crippen molar-refractivity contribution in [2.24, 2.45) is 0 Å². The highest BCUT2D eigenvalue weighted by molar-refractivity contribution is 6.32. The van der Waals surface area contributed by atoms with Crippen molar-refractivity contribution in [3.05, 3.63) is 101 Å². The second-order valence-corrected chi connectivity index (χ2v) is 8.60. The molecule has 0 unspecified atom stereocenters. The average molecular weight is 503 g/mol. The topological polar surface area (TPSA) is 72.2 Å². The van der Waals surface area contributed by atoms with Gasteiger partial charge >= 0.3 is 0 Å². The number of nitrogens with one attached hydrogen (secondary N) is 2. The molecule has 8 heteroatoms. The first-order valence-electron chi connectivity index (χ1n) is 11.6. The van der Waals surface area contributed by atoms with E-state index in [9.17, 15) is 4.39 Å². The summed E-state index contributed by atoms with van der Waals surface area (Å²) in [6, 6.07) is 21.5. The van der Waals surface area contributed by atoms with Gasteiger partial charge in [-0.2, -0.15) is 0 Å². The number of fused-ring (bicyclic) bond motifs is 1. The predicted molar refractivity (Wildman–Crippen MR) is 140 cm³/mol. The molecule has 0 amide bonds. The summed E-state index contributed by atoms with van der Waals surface area (Å²) < 4.78 is 25.2. The van der Waals surface area contributed by atoms with Gasteiger partial charge in [-0.1, -0.05) is 30.7 Å². The van der Waals surface area contributed by atoms with E-state index in [0.29, 0.717) is 23.1 Å². The zero-order valence-electron chi connectivity index (χ0n) is 19.6. The summed E-state index contributed by atoms with van der Waals surface area (Å²) in [6.45, 7) is 3.83. The third-order valence-electron chi connectivity index (χ3n) is 5.61. The number of anilines is 2. The summed E-state index contributed by atoms with van der Waals surface area (Å²) in [4.78, 5) is 8.84. The lowest BCUT2D eigenvalue weighted by molar-refractivity contribution is 0.306. The quantitative estimate of drug-likeness (QED) is 0.224. The molecule has 0 saturated carbocycles. The zero-order valence-corrected chi connectivity index (χ0v) is 20.3. The average Bonchev–Trinajstić information content (AvgIpc) is 3.36. The highest BCUT2D eigenvalue weighted by Gasteiger charge is 2.11. The number of benzene rings is 3. The number of furan rings is 1. The lowest BCUT2D eigenvalue weighted by Crippen LogP contribution is -2.10. The molecule has 5 rings (SSSR count). The molecule has 3 aromatic carbocycles. The van der Waals surface area contributed by atoms with Crippen molar-refractivity contribution < 1.29 is 13.5 Å². The van der Waals surface area contributed by atoms with E-state index < -0.39 is 0 Å². The number of rotatable bonds is 9. The summed E-state index contributed by atoms with van der Waals surface area (Å²) in [5.41, 5.74) is 3.20. The van der Waals surface area contributed by atoms with Crippen molar-refractivity contribution in [1.29, 1.82) is 0 Å². The number of ether oxygens (including phenoxy) is 1. The fourth-order valence-electron chi connectivity index (χ4n) is 3.81. The van der Waals surface area contributed by atoms with E-state index in [4.69, 9.17) is 20.8 Å². The number of hydrogen-bond donors (Lipinski definition) is 2. The van der Waals surface area contributed by atoms with Crippen LogP contribution in [0.3, 0.4) is 0 Å². The van der Waals surface area contributed by atoms with Crippen LogP contribution in [0.15, 0.2) is 83.5 Å². The van der Waals surface area contributed by atoms with Crippen molar-refractivity contribution in [2.75, 3.05) is 11.9 Å². The molecule has 5 aromatic rings. The molecule has 36 heavy (non-hydrogen) atoms. The summed E-state index contributed by atoms with van der Waals surface area (Å²) >= 11 is 6.47. The minimum absolute atomic E-state index is 0.215. The third kappa shape index (κ3) is 5.48. The maximum atomic E-state index is 13.4. The van der Waals surface area contributed by atoms with Crippen LogP contribution in [0.4, 0.5) is 15.9 Å². The Labute approximate surface area is 213 Å². The van der Waals surface area contributed by atoms with E-state index in [1.807, 2.05) is 36.4 Å². The van der Waals surface area contributed by atoms with E-state index >= 15 is 0 Å². The molecule has 0 fully saturated rings. The summed E-state index contributed by atoms with van der Waals surface area (Å²) in [5, 5.41) is 7.87. The van der Waals surface area contributed by atoms with E-state index in [2.05, 4.69) is 27.5 Å². The van der Waals surface area contributed by atoms with Crippen LogP contribution in [0, 0.1) is 5.82 Å². The highest BCUT2D eigenvalue weighted by Crippen LogP contribution is 2.32. The standard InChI is InChI=1S/C28H24ClFN4O2/c1-2-31-15-22-8-11-26(36-22)19-6-9-25-23(13-19)28(33-17-32-25)34-21-7-10-27(24(29)14-21)35-16-18-4-3-5-20(30)12-18/h3-14,17,31H,2,15-16H2,1H3,(H,32,33,34). The Balaban J connectivity index is 1.35. The van der Waals surface area contributed by atoms with Gasteiger partial charge in [0, 0.05) is 16.6 Å². The van der Waals surface area contributed by atoms with Gasteiger partial charge in [-0.3, -0.25) is 0 Å². The predicted octanol–water partition coefficient (Wildman–Crippen LogP) is 7.11. The Morgan fingerprint density at radius 3 is 2.75 bits per heavy atom. The zero-order chi connectivity index (χ0) is 24.9. The van der Waals surface area contributed by atoms with Gasteiger partial charge in [0.25, 0.3) is 0 Å². The van der Waals surface area contributed by atoms with E-state index in [1.165, 1.54) is 18.5 Å². The van der Waals surface area contributed by atoms with Gasteiger partial charge in [0.05, 0.1) is 17.1 Å². The highest BCUT2D eigenvalue weighted by atomic mass is 35.5. The maximum absolute atomic E-state index is 13.4. The summed E-state index contributed by atoms with van der Waals surface area (Å²) in [5.74, 6) is 2.51. The second kappa shape index (κ2) is 10.8. The molecule has 182 valence electrons. The second-order valence-electron chi connectivity index (χ2n) is 8.19. The number of aromatic nitrogens is 2. The van der Waals surface area contributed by atoms with Crippen molar-refractivity contribution >= 4 is 34.0 Å². The van der Waals surface area contributed by atoms with Crippen LogP contribution in [0.1, 0.15) is 18.2 Å². The molecule has 6 nitrogen and oxygen atoms in total. The van der Waals surface area contributed by atoms with Crippen molar-refractivity contribution in [1.82, 2.24) is 15.3 Å². The Morgan fingerprint density at radius 2 is 1.92 bits per heavy atom. The summed E-state index contributed by atoms with van der Waals surface area (Å²) in [7, 11) is 0. The normalized spacial score (nSPS) is 11.1. The van der Waals surface area contributed by atoms with Gasteiger partial charge in [0.2, 0.25) is 0 Å². The first-order valence-corrected chi connectivity index (χ1v) is 12.0. The van der Waals surface area contributed by atoms with Crippen molar-refractivity contribution in [2.45, 2.75) is 20.1 Å². The fraction of sp³-hybridized carbons (Fsp3) is 0.143. The van der Waals surface area contributed by atoms with Gasteiger partial charge in [0.15, 0.2) is 0 Å². The smallest absolute Gasteiger partial charge is 0.141 e. The van der Waals surface area contributed by atoms with E-state index in [1.54, 1.807) is 24.3 Å². The molecule has 0 radical (unpaired) electrons. The fourth-order valence-corrected chi connectivity index (χ4v) is 4.04. The van der Waals surface area contributed by atoms with Gasteiger partial charge < -0.3 is 19.8 Å². The van der Waals surface area contributed by atoms with Crippen molar-refractivity contribution in [3.8, 4) is 17.1 Å². The van der Waals surface area contributed by atoms with Crippen LogP contribution in [0.25, 0.3) is 22.2 Å². The lowest BCUT2D eigenvalue weighted by Gasteiger charge is -2.12. The van der Waals surface area contributed by atoms with Gasteiger partial charge in [-0.25, -0.2) is 14.4 Å². The van der Waals surface area contributed by atoms with Crippen LogP contribution >= 0.6 is 11.6 Å². The molecule has 0 bridgehead atoms. The van der Waals surface area contributed by atoms with Gasteiger partial charge in [0.1, 0.15) is 41.8 Å². The maximum Gasteiger partial charge on any atom is 0.141 e. The molecule has 0 saturated heterocycles. The monoisotopic (exact) mass is 502 g/mol. The Morgan fingerprint density at radius 1 is 1.00 bits per heavy atom. The number of halogens is 2. The van der Waals surface area contributed by atoms with E-state index in [0.717, 1.165) is 45.8 Å². The molecular formula is C28H24ClFN4O2. The molecule has 0 spiro atoms. The molecule has 0 aliphatic heterocycles. The van der Waals surface area contributed by atoms with Crippen LogP contribution in [-0.2, 0) is 13.2 Å². The molecule has 0 aliphatic carbocycles. The SMILES string of the molecule is CCNCc1ccc(-c2ccc3ncnc(Nc4ccc(OCc5cccc(F)c5)c(Cl)c4)c3c2)o1. The Kier molecular flexibility index (Phi) is 7.11. The molecule has 2 aromatic heterocycles. The molecular weight excluding hydrogens is 479 g/mol. The molecule has 2 N–H and O–H groups in total. The number of hydrogen-bond acceptors (Lipinski definition) is 6. The van der Waals surface area contributed by atoms with Crippen molar-refractivity contribution in [3.63, 3.8) is 0 Å². The van der Waals surface area contributed by atoms with E-state index in [-0.39, 0.29) is 12.4 Å². The molecule has 2 heterocycles. The van der Waals surface area contributed by atoms with Crippen LogP contribution < -0.4 is 15.4 Å². The van der Waals surface area contributed by atoms with Gasteiger partial charge in [-0.05, 0) is 72.8 Å². The Bertz CT molecular complexity index is 1500. The third-order valence-corrected chi connectivity index (χ3v) is 5.90. The molecule has 0 aliphatic rings. The van der Waals surface area contributed by atoms with Crippen LogP contribution in [0.5, 0.6) is 5.75 Å². The summed E-state index contributed by atoms with van der Waals surface area (Å²) in [6.07, 6.45) is 1.52. The minimum atomic E-state index is -0.303. The first-order chi connectivity index (χ1) is 17.6. The lowest BCUT2D eigenvalue weighted by atomic mass is 10.1. The van der Waals surface area contributed by atoms with Gasteiger partial charge in [-0.15, -0.1) is 0 Å². The van der Waals surface area contributed by atoms with Crippen LogP contribution in [0.2, 0.25) is 5.02 Å². The first kappa shape index (κ1) is 23.8. The minimum Gasteiger partial charge on any atom is -0.487 e. The Hall–Kier alpha value is -3.94. The largest absolute Gasteiger partial charge is 0.487 e.